The van der Waals surface area contributed by atoms with Gasteiger partial charge < -0.3 is 20.3 Å². The number of allylic oxidation sites excluding steroid dienone is 2. The largest absolute Gasteiger partial charge is 0.573 e. The Labute approximate surface area is 140 Å². The Hall–Kier alpha value is -2.97. The fraction of sp³-hybridized carbons (Fsp3) is 0.250. The molecule has 0 spiro atoms. The molecule has 0 unspecified atom stereocenters. The number of carbonyl (C=O) groups is 2. The minimum Gasteiger partial charge on any atom is -0.478 e. The van der Waals surface area contributed by atoms with Gasteiger partial charge in [-0.2, -0.15) is 0 Å². The van der Waals surface area contributed by atoms with Gasteiger partial charge in [0.2, 0.25) is 0 Å². The predicted octanol–water partition coefficient (Wildman–Crippen LogP) is 2.99. The average Bonchev–Trinajstić information content (AvgIpc) is 2.44. The van der Waals surface area contributed by atoms with Crippen LogP contribution in [0.15, 0.2) is 46.8 Å². The van der Waals surface area contributed by atoms with Crippen LogP contribution in [0.25, 0.3) is 0 Å². The van der Waals surface area contributed by atoms with E-state index in [0.29, 0.717) is 0 Å². The molecule has 1 aliphatic rings. The molecule has 1 aromatic carbocycles. The summed E-state index contributed by atoms with van der Waals surface area (Å²) in [6, 6.07) is 4.88. The molecule has 0 aromatic heterocycles. The Morgan fingerprint density at radius 2 is 1.52 bits per heavy atom. The van der Waals surface area contributed by atoms with Crippen molar-refractivity contribution in [1.29, 1.82) is 0 Å². The van der Waals surface area contributed by atoms with Crippen LogP contribution in [0.3, 0.4) is 0 Å². The molecule has 0 aliphatic carbocycles. The molecule has 9 heteroatoms. The van der Waals surface area contributed by atoms with Crippen LogP contribution in [0.5, 0.6) is 5.75 Å². The SMILES string of the molecule is CC1=C(C(=O)O)C(c2ccccc2OC(F)(F)F)C(C(=O)O)=C(C)N1. The lowest BCUT2D eigenvalue weighted by molar-refractivity contribution is -0.274. The number of para-hydroxylation sites is 1. The molecule has 1 aromatic rings. The zero-order valence-electron chi connectivity index (χ0n) is 13.1. The van der Waals surface area contributed by atoms with Crippen molar-refractivity contribution < 1.29 is 37.7 Å². The molecular formula is C16H14F3NO5. The third-order valence-electron chi connectivity index (χ3n) is 3.68. The van der Waals surface area contributed by atoms with Crippen LogP contribution in [-0.4, -0.2) is 28.5 Å². The van der Waals surface area contributed by atoms with Gasteiger partial charge in [-0.25, -0.2) is 9.59 Å². The van der Waals surface area contributed by atoms with Gasteiger partial charge in [0.05, 0.1) is 17.1 Å². The molecule has 0 saturated heterocycles. The van der Waals surface area contributed by atoms with Crippen molar-refractivity contribution in [1.82, 2.24) is 5.32 Å². The number of ether oxygens (including phenoxy) is 1. The van der Waals surface area contributed by atoms with Crippen LogP contribution in [0.4, 0.5) is 13.2 Å². The number of aliphatic carboxylic acids is 2. The Morgan fingerprint density at radius 1 is 1.04 bits per heavy atom. The lowest BCUT2D eigenvalue weighted by Gasteiger charge is -2.29. The van der Waals surface area contributed by atoms with Gasteiger partial charge in [-0.3, -0.25) is 0 Å². The second-order valence-corrected chi connectivity index (χ2v) is 5.33. The van der Waals surface area contributed by atoms with Crippen LogP contribution in [-0.2, 0) is 9.59 Å². The van der Waals surface area contributed by atoms with Crippen LogP contribution >= 0.6 is 0 Å². The first kappa shape index (κ1) is 18.4. The molecule has 0 saturated carbocycles. The van der Waals surface area contributed by atoms with Crippen molar-refractivity contribution in [3.8, 4) is 5.75 Å². The van der Waals surface area contributed by atoms with Gasteiger partial charge >= 0.3 is 18.3 Å². The van der Waals surface area contributed by atoms with E-state index in [-0.39, 0.29) is 28.1 Å². The first-order chi connectivity index (χ1) is 11.5. The van der Waals surface area contributed by atoms with Gasteiger partial charge in [0.25, 0.3) is 0 Å². The molecule has 0 fully saturated rings. The van der Waals surface area contributed by atoms with Crippen molar-refractivity contribution in [3.05, 3.63) is 52.4 Å². The van der Waals surface area contributed by atoms with Gasteiger partial charge in [-0.15, -0.1) is 13.2 Å². The molecule has 3 N–H and O–H groups in total. The molecule has 2 rings (SSSR count). The van der Waals surface area contributed by atoms with Gasteiger partial charge in [0.15, 0.2) is 0 Å². The maximum atomic E-state index is 12.7. The van der Waals surface area contributed by atoms with Crippen LogP contribution in [0.2, 0.25) is 0 Å². The van der Waals surface area contributed by atoms with E-state index in [9.17, 15) is 33.0 Å². The lowest BCUT2D eigenvalue weighted by atomic mass is 9.80. The first-order valence-corrected chi connectivity index (χ1v) is 7.02. The minimum absolute atomic E-state index is 0.141. The van der Waals surface area contributed by atoms with Gasteiger partial charge in [0.1, 0.15) is 5.75 Å². The third-order valence-corrected chi connectivity index (χ3v) is 3.68. The normalized spacial score (nSPS) is 15.9. The van der Waals surface area contributed by atoms with Crippen molar-refractivity contribution in [2.75, 3.05) is 0 Å². The fourth-order valence-electron chi connectivity index (χ4n) is 2.81. The second kappa shape index (κ2) is 6.50. The van der Waals surface area contributed by atoms with Gasteiger partial charge in [-0.05, 0) is 19.9 Å². The van der Waals surface area contributed by atoms with E-state index in [4.69, 9.17) is 0 Å². The molecular weight excluding hydrogens is 343 g/mol. The number of hydrogen-bond acceptors (Lipinski definition) is 4. The summed E-state index contributed by atoms with van der Waals surface area (Å²) in [5.74, 6) is -4.96. The van der Waals surface area contributed by atoms with E-state index >= 15 is 0 Å². The predicted molar refractivity (Wildman–Crippen MR) is 79.7 cm³/mol. The summed E-state index contributed by atoms with van der Waals surface area (Å²) in [4.78, 5) is 23.3. The first-order valence-electron chi connectivity index (χ1n) is 7.02. The second-order valence-electron chi connectivity index (χ2n) is 5.33. The Morgan fingerprint density at radius 3 is 1.96 bits per heavy atom. The molecule has 1 heterocycles. The van der Waals surface area contributed by atoms with E-state index < -0.39 is 30.0 Å². The smallest absolute Gasteiger partial charge is 0.478 e. The summed E-state index contributed by atoms with van der Waals surface area (Å²) in [5.41, 5.74) is -0.638. The molecule has 0 atom stereocenters. The van der Waals surface area contributed by atoms with Gasteiger partial charge in [0, 0.05) is 17.0 Å². The molecule has 25 heavy (non-hydrogen) atoms. The fourth-order valence-corrected chi connectivity index (χ4v) is 2.81. The number of dihydropyridines is 1. The number of halogens is 3. The zero-order valence-corrected chi connectivity index (χ0v) is 13.1. The summed E-state index contributed by atoms with van der Waals surface area (Å²) in [6.45, 7) is 2.82. The summed E-state index contributed by atoms with van der Waals surface area (Å²) in [6.07, 6.45) is -5.01. The Bertz CT molecular complexity index is 759. The number of rotatable bonds is 4. The number of carboxylic acids is 2. The number of benzene rings is 1. The zero-order chi connectivity index (χ0) is 18.9. The molecule has 134 valence electrons. The average molecular weight is 357 g/mol. The topological polar surface area (TPSA) is 95.9 Å². The maximum Gasteiger partial charge on any atom is 0.573 e. The van der Waals surface area contributed by atoms with E-state index in [1.165, 1.54) is 32.0 Å². The third kappa shape index (κ3) is 3.76. The van der Waals surface area contributed by atoms with Crippen LogP contribution in [0, 0.1) is 0 Å². The van der Waals surface area contributed by atoms with Crippen molar-refractivity contribution in [2.45, 2.75) is 26.1 Å². The lowest BCUT2D eigenvalue weighted by Crippen LogP contribution is -2.31. The van der Waals surface area contributed by atoms with E-state index in [2.05, 4.69) is 10.1 Å². The van der Waals surface area contributed by atoms with E-state index in [1.807, 2.05) is 0 Å². The molecule has 6 nitrogen and oxygen atoms in total. The minimum atomic E-state index is -5.01. The number of nitrogens with one attached hydrogen (secondary N) is 1. The molecule has 0 radical (unpaired) electrons. The Balaban J connectivity index is 2.73. The van der Waals surface area contributed by atoms with Crippen LogP contribution < -0.4 is 10.1 Å². The highest BCUT2D eigenvalue weighted by molar-refractivity contribution is 5.98. The number of alkyl halides is 3. The highest BCUT2D eigenvalue weighted by atomic mass is 19.4. The highest BCUT2D eigenvalue weighted by Gasteiger charge is 2.40. The maximum absolute atomic E-state index is 12.7. The van der Waals surface area contributed by atoms with Gasteiger partial charge in [-0.1, -0.05) is 18.2 Å². The molecule has 0 amide bonds. The monoisotopic (exact) mass is 357 g/mol. The number of carboxylic acid groups (broad SMARTS) is 2. The van der Waals surface area contributed by atoms with E-state index in [1.54, 1.807) is 0 Å². The van der Waals surface area contributed by atoms with E-state index in [0.717, 1.165) is 6.07 Å². The molecule has 1 aliphatic heterocycles. The summed E-state index contributed by atoms with van der Waals surface area (Å²) in [5, 5.41) is 21.6. The summed E-state index contributed by atoms with van der Waals surface area (Å²) >= 11 is 0. The van der Waals surface area contributed by atoms with Crippen molar-refractivity contribution in [2.24, 2.45) is 0 Å². The summed E-state index contributed by atoms with van der Waals surface area (Å²) in [7, 11) is 0. The number of hydrogen-bond donors (Lipinski definition) is 3. The van der Waals surface area contributed by atoms with Crippen LogP contribution in [0.1, 0.15) is 25.3 Å². The van der Waals surface area contributed by atoms with Crippen molar-refractivity contribution in [3.63, 3.8) is 0 Å². The summed E-state index contributed by atoms with van der Waals surface area (Å²) < 4.78 is 41.9. The quantitative estimate of drug-likeness (QED) is 0.767. The Kier molecular flexibility index (Phi) is 4.78. The van der Waals surface area contributed by atoms with Crippen molar-refractivity contribution >= 4 is 11.9 Å². The molecule has 0 bridgehead atoms. The highest BCUT2D eigenvalue weighted by Crippen LogP contribution is 2.42. The standard InChI is InChI=1S/C16H14F3NO5/c1-7-11(14(21)22)13(12(15(23)24)8(2)20-7)9-5-3-4-6-10(9)25-16(17,18)19/h3-6,13,20H,1-2H3,(H,21,22)(H,23,24).